The highest BCUT2D eigenvalue weighted by atomic mass is 35.5. The second-order valence-corrected chi connectivity index (χ2v) is 6.49. The van der Waals surface area contributed by atoms with Gasteiger partial charge in [0, 0.05) is 23.9 Å². The highest BCUT2D eigenvalue weighted by molar-refractivity contribution is 6.30. The molecule has 0 aliphatic carbocycles. The molecule has 5 nitrogen and oxygen atoms in total. The molecule has 132 valence electrons. The summed E-state index contributed by atoms with van der Waals surface area (Å²) >= 11 is 5.94. The molecule has 0 bridgehead atoms. The third kappa shape index (κ3) is 4.95. The summed E-state index contributed by atoms with van der Waals surface area (Å²) in [5, 5.41) is 3.47. The first-order chi connectivity index (χ1) is 12.1. The molecular formula is C19H21ClN2O3. The van der Waals surface area contributed by atoms with Crippen molar-refractivity contribution in [2.24, 2.45) is 11.7 Å². The molecule has 1 atom stereocenters. The molecule has 2 aromatic carbocycles. The Kier molecular flexibility index (Phi) is 5.91. The number of carbonyl (C=O) groups excluding carboxylic acids is 1. The molecule has 1 aliphatic rings. The van der Waals surface area contributed by atoms with Crippen LogP contribution in [0.4, 0.5) is 5.69 Å². The van der Waals surface area contributed by atoms with E-state index in [-0.39, 0.29) is 11.8 Å². The van der Waals surface area contributed by atoms with Gasteiger partial charge in [-0.2, -0.15) is 0 Å². The number of ether oxygens (including phenoxy) is 2. The first-order valence-electron chi connectivity index (χ1n) is 8.29. The van der Waals surface area contributed by atoms with E-state index in [1.807, 2.05) is 12.1 Å². The zero-order chi connectivity index (χ0) is 17.6. The van der Waals surface area contributed by atoms with Crippen LogP contribution in [0.3, 0.4) is 0 Å². The Labute approximate surface area is 152 Å². The van der Waals surface area contributed by atoms with E-state index in [9.17, 15) is 4.79 Å². The average molecular weight is 361 g/mol. The lowest BCUT2D eigenvalue weighted by Crippen LogP contribution is -2.43. The van der Waals surface area contributed by atoms with Gasteiger partial charge in [0.25, 0.3) is 0 Å². The van der Waals surface area contributed by atoms with Crippen LogP contribution < -0.4 is 15.8 Å². The Morgan fingerprint density at radius 3 is 2.56 bits per heavy atom. The summed E-state index contributed by atoms with van der Waals surface area (Å²) in [6.45, 7) is 1.34. The van der Waals surface area contributed by atoms with Gasteiger partial charge >= 0.3 is 0 Å². The highest BCUT2D eigenvalue weighted by Crippen LogP contribution is 2.25. The van der Waals surface area contributed by atoms with Crippen molar-refractivity contribution in [3.63, 3.8) is 0 Å². The predicted molar refractivity (Wildman–Crippen MR) is 98.1 cm³/mol. The standard InChI is InChI=1S/C19H21ClN2O3/c20-14-2-1-3-17(12-14)25-16-6-4-15(5-7-16)22-19(23)18(21)13-8-10-24-11-9-13/h1-7,12-13,18H,8-11,21H2,(H,22,23). The molecule has 1 aliphatic heterocycles. The van der Waals surface area contributed by atoms with E-state index < -0.39 is 6.04 Å². The van der Waals surface area contributed by atoms with Crippen molar-refractivity contribution in [3.05, 3.63) is 53.6 Å². The minimum atomic E-state index is -0.522. The van der Waals surface area contributed by atoms with E-state index in [0.29, 0.717) is 35.4 Å². The summed E-state index contributed by atoms with van der Waals surface area (Å²) in [4.78, 5) is 12.3. The number of rotatable bonds is 5. The molecule has 1 heterocycles. The van der Waals surface area contributed by atoms with E-state index in [2.05, 4.69) is 5.32 Å². The van der Waals surface area contributed by atoms with Crippen molar-refractivity contribution in [1.82, 2.24) is 0 Å². The smallest absolute Gasteiger partial charge is 0.241 e. The van der Waals surface area contributed by atoms with Gasteiger partial charge in [-0.3, -0.25) is 4.79 Å². The fraction of sp³-hybridized carbons (Fsp3) is 0.316. The van der Waals surface area contributed by atoms with Crippen LogP contribution in [0.1, 0.15) is 12.8 Å². The second-order valence-electron chi connectivity index (χ2n) is 6.05. The first-order valence-corrected chi connectivity index (χ1v) is 8.67. The lowest BCUT2D eigenvalue weighted by Gasteiger charge is -2.26. The number of anilines is 1. The average Bonchev–Trinajstić information content (AvgIpc) is 2.63. The van der Waals surface area contributed by atoms with Crippen molar-refractivity contribution in [1.29, 1.82) is 0 Å². The molecule has 1 fully saturated rings. The Bertz CT molecular complexity index is 715. The quantitative estimate of drug-likeness (QED) is 0.850. The molecule has 0 aromatic heterocycles. The third-order valence-corrected chi connectivity index (χ3v) is 4.47. The molecule has 3 N–H and O–H groups in total. The van der Waals surface area contributed by atoms with Crippen LogP contribution in [-0.4, -0.2) is 25.2 Å². The van der Waals surface area contributed by atoms with Gasteiger partial charge in [-0.05, 0) is 61.2 Å². The van der Waals surface area contributed by atoms with Crippen LogP contribution in [0, 0.1) is 5.92 Å². The van der Waals surface area contributed by atoms with Crippen LogP contribution in [0.25, 0.3) is 0 Å². The molecule has 1 unspecified atom stereocenters. The van der Waals surface area contributed by atoms with E-state index in [4.69, 9.17) is 26.8 Å². The maximum absolute atomic E-state index is 12.3. The zero-order valence-electron chi connectivity index (χ0n) is 13.8. The third-order valence-electron chi connectivity index (χ3n) is 4.23. The van der Waals surface area contributed by atoms with E-state index in [1.54, 1.807) is 36.4 Å². The summed E-state index contributed by atoms with van der Waals surface area (Å²) in [5.41, 5.74) is 6.77. The minimum absolute atomic E-state index is 0.166. The predicted octanol–water partition coefficient (Wildman–Crippen LogP) is 3.82. The van der Waals surface area contributed by atoms with Crippen molar-refractivity contribution in [3.8, 4) is 11.5 Å². The van der Waals surface area contributed by atoms with E-state index in [1.165, 1.54) is 0 Å². The van der Waals surface area contributed by atoms with Gasteiger partial charge in [-0.15, -0.1) is 0 Å². The van der Waals surface area contributed by atoms with Crippen LogP contribution in [-0.2, 0) is 9.53 Å². The number of nitrogens with two attached hydrogens (primary N) is 1. The van der Waals surface area contributed by atoms with Crippen molar-refractivity contribution in [2.45, 2.75) is 18.9 Å². The van der Waals surface area contributed by atoms with Gasteiger partial charge in [0.05, 0.1) is 6.04 Å². The molecule has 1 amide bonds. The molecule has 25 heavy (non-hydrogen) atoms. The number of benzene rings is 2. The van der Waals surface area contributed by atoms with Gasteiger partial charge in [0.15, 0.2) is 0 Å². The maximum Gasteiger partial charge on any atom is 0.241 e. The fourth-order valence-corrected chi connectivity index (χ4v) is 2.97. The molecule has 2 aromatic rings. The van der Waals surface area contributed by atoms with Gasteiger partial charge in [-0.25, -0.2) is 0 Å². The summed E-state index contributed by atoms with van der Waals surface area (Å²) in [5.74, 6) is 1.31. The lowest BCUT2D eigenvalue weighted by molar-refractivity contribution is -0.119. The van der Waals surface area contributed by atoms with Crippen LogP contribution >= 0.6 is 11.6 Å². The number of hydrogen-bond acceptors (Lipinski definition) is 4. The largest absolute Gasteiger partial charge is 0.457 e. The minimum Gasteiger partial charge on any atom is -0.457 e. The number of halogens is 1. The molecule has 3 rings (SSSR count). The summed E-state index contributed by atoms with van der Waals surface area (Å²) in [7, 11) is 0. The Hall–Kier alpha value is -2.08. The number of nitrogens with one attached hydrogen (secondary N) is 1. The van der Waals surface area contributed by atoms with Crippen molar-refractivity contribution in [2.75, 3.05) is 18.5 Å². The summed E-state index contributed by atoms with van der Waals surface area (Å²) < 4.78 is 11.0. The van der Waals surface area contributed by atoms with Gasteiger partial charge in [0.1, 0.15) is 11.5 Å². The van der Waals surface area contributed by atoms with Crippen LogP contribution in [0.2, 0.25) is 5.02 Å². The fourth-order valence-electron chi connectivity index (χ4n) is 2.79. The Morgan fingerprint density at radius 1 is 1.16 bits per heavy atom. The zero-order valence-corrected chi connectivity index (χ0v) is 14.5. The van der Waals surface area contributed by atoms with Crippen LogP contribution in [0.5, 0.6) is 11.5 Å². The molecule has 0 spiro atoms. The maximum atomic E-state index is 12.3. The van der Waals surface area contributed by atoms with E-state index in [0.717, 1.165) is 12.8 Å². The van der Waals surface area contributed by atoms with Crippen molar-refractivity contribution < 1.29 is 14.3 Å². The number of hydrogen-bond donors (Lipinski definition) is 2. The monoisotopic (exact) mass is 360 g/mol. The molecular weight excluding hydrogens is 340 g/mol. The Morgan fingerprint density at radius 2 is 1.88 bits per heavy atom. The number of carbonyl (C=O) groups is 1. The molecule has 1 saturated heterocycles. The van der Waals surface area contributed by atoms with Gasteiger partial charge in [0.2, 0.25) is 5.91 Å². The second kappa shape index (κ2) is 8.34. The number of amides is 1. The topological polar surface area (TPSA) is 73.6 Å². The van der Waals surface area contributed by atoms with Gasteiger partial charge in [-0.1, -0.05) is 17.7 Å². The van der Waals surface area contributed by atoms with Gasteiger partial charge < -0.3 is 20.5 Å². The SMILES string of the molecule is NC(C(=O)Nc1ccc(Oc2cccc(Cl)c2)cc1)C1CCOCC1. The lowest BCUT2D eigenvalue weighted by atomic mass is 9.92. The van der Waals surface area contributed by atoms with Crippen LogP contribution in [0.15, 0.2) is 48.5 Å². The summed E-state index contributed by atoms with van der Waals surface area (Å²) in [6.07, 6.45) is 1.64. The highest BCUT2D eigenvalue weighted by Gasteiger charge is 2.26. The first kappa shape index (κ1) is 17.7. The van der Waals surface area contributed by atoms with E-state index >= 15 is 0 Å². The molecule has 0 saturated carbocycles. The normalized spacial score (nSPS) is 16.2. The molecule has 0 radical (unpaired) electrons. The molecule has 6 heteroatoms. The van der Waals surface area contributed by atoms with Crippen molar-refractivity contribution >= 4 is 23.2 Å². The summed E-state index contributed by atoms with van der Waals surface area (Å²) in [6, 6.07) is 13.8. The Balaban J connectivity index is 1.57.